The molecule has 1 fully saturated rings. The molecule has 4 heteroatoms. The van der Waals surface area contributed by atoms with Gasteiger partial charge in [-0.05, 0) is 25.2 Å². The topological polar surface area (TPSA) is 25.8 Å². The van der Waals surface area contributed by atoms with Gasteiger partial charge in [0.1, 0.15) is 10.0 Å². The third-order valence-corrected chi connectivity index (χ3v) is 6.03. The highest BCUT2D eigenvalue weighted by Gasteiger charge is 2.23. The van der Waals surface area contributed by atoms with Gasteiger partial charge in [-0.15, -0.1) is 21.5 Å². The Balaban J connectivity index is 2.01. The molecule has 0 N–H and O–H groups in total. The van der Waals surface area contributed by atoms with Crippen molar-refractivity contribution in [3.8, 4) is 0 Å². The van der Waals surface area contributed by atoms with E-state index in [-0.39, 0.29) is 0 Å². The number of hydrogen-bond acceptors (Lipinski definition) is 3. The molecule has 1 saturated carbocycles. The zero-order valence-electron chi connectivity index (χ0n) is 9.95. The summed E-state index contributed by atoms with van der Waals surface area (Å²) in [6, 6.07) is 0. The van der Waals surface area contributed by atoms with Crippen molar-refractivity contribution in [3.05, 3.63) is 10.0 Å². The second-order valence-corrected chi connectivity index (χ2v) is 6.96. The predicted molar refractivity (Wildman–Crippen MR) is 72.2 cm³/mol. The first-order valence-corrected chi connectivity index (χ1v) is 7.91. The van der Waals surface area contributed by atoms with Crippen LogP contribution in [0.5, 0.6) is 0 Å². The zero-order chi connectivity index (χ0) is 11.5. The molecule has 0 aromatic carbocycles. The summed E-state index contributed by atoms with van der Waals surface area (Å²) in [6.45, 7) is 4.52. The van der Waals surface area contributed by atoms with Gasteiger partial charge in [0, 0.05) is 5.92 Å². The van der Waals surface area contributed by atoms with E-state index in [0.717, 1.165) is 17.3 Å². The number of rotatable bonds is 3. The van der Waals surface area contributed by atoms with Crippen molar-refractivity contribution in [2.45, 2.75) is 56.7 Å². The molecule has 0 radical (unpaired) electrons. The molecule has 1 unspecified atom stereocenters. The van der Waals surface area contributed by atoms with Gasteiger partial charge in [0.2, 0.25) is 0 Å². The lowest BCUT2D eigenvalue weighted by molar-refractivity contribution is 0.346. The molecule has 2 rings (SSSR count). The van der Waals surface area contributed by atoms with Crippen molar-refractivity contribution < 1.29 is 0 Å². The molecule has 1 atom stereocenters. The highest BCUT2D eigenvalue weighted by atomic mass is 79.9. The minimum Gasteiger partial charge on any atom is -0.143 e. The maximum atomic E-state index is 4.37. The fraction of sp³-hybridized carbons (Fsp3) is 0.833. The van der Waals surface area contributed by atoms with Gasteiger partial charge in [0.05, 0.1) is 4.83 Å². The molecule has 1 aliphatic carbocycles. The summed E-state index contributed by atoms with van der Waals surface area (Å²) >= 11 is 5.44. The molecule has 2 nitrogen and oxygen atoms in total. The quantitative estimate of drug-likeness (QED) is 0.758. The molecule has 1 aromatic heterocycles. The minimum absolute atomic E-state index is 0.390. The first kappa shape index (κ1) is 12.5. The van der Waals surface area contributed by atoms with Crippen LogP contribution in [0.3, 0.4) is 0 Å². The fourth-order valence-electron chi connectivity index (χ4n) is 2.22. The van der Waals surface area contributed by atoms with E-state index in [1.165, 1.54) is 30.7 Å². The predicted octanol–water partition coefficient (Wildman–Crippen LogP) is 4.68. The second-order valence-electron chi connectivity index (χ2n) is 4.81. The van der Waals surface area contributed by atoms with Crippen molar-refractivity contribution in [3.63, 3.8) is 0 Å². The summed E-state index contributed by atoms with van der Waals surface area (Å²) in [5.74, 6) is 1.59. The SMILES string of the molecule is CCC(Br)c1nnc(C2CCC(C)CC2)s1. The third kappa shape index (κ3) is 2.83. The van der Waals surface area contributed by atoms with E-state index >= 15 is 0 Å². The van der Waals surface area contributed by atoms with Gasteiger partial charge in [-0.2, -0.15) is 0 Å². The molecule has 0 aliphatic heterocycles. The fourth-order valence-corrected chi connectivity index (χ4v) is 3.67. The molecule has 1 aliphatic rings. The number of halogens is 1. The molecular weight excluding hydrogens is 284 g/mol. The maximum absolute atomic E-state index is 4.37. The Kier molecular flexibility index (Phi) is 4.36. The zero-order valence-corrected chi connectivity index (χ0v) is 12.4. The van der Waals surface area contributed by atoms with Crippen molar-refractivity contribution >= 4 is 27.3 Å². The molecule has 16 heavy (non-hydrogen) atoms. The van der Waals surface area contributed by atoms with E-state index in [1.807, 2.05) is 0 Å². The van der Waals surface area contributed by atoms with Gasteiger partial charge >= 0.3 is 0 Å². The van der Waals surface area contributed by atoms with Crippen LogP contribution < -0.4 is 0 Å². The summed E-state index contributed by atoms with van der Waals surface area (Å²) in [5.41, 5.74) is 0. The van der Waals surface area contributed by atoms with Crippen molar-refractivity contribution in [1.82, 2.24) is 10.2 Å². The number of aromatic nitrogens is 2. The maximum Gasteiger partial charge on any atom is 0.131 e. The van der Waals surface area contributed by atoms with Gasteiger partial charge in [-0.1, -0.05) is 42.6 Å². The first-order valence-electron chi connectivity index (χ1n) is 6.18. The van der Waals surface area contributed by atoms with E-state index in [4.69, 9.17) is 0 Å². The van der Waals surface area contributed by atoms with Crippen LogP contribution in [0.4, 0.5) is 0 Å². The smallest absolute Gasteiger partial charge is 0.131 e. The Labute approximate surface area is 110 Å². The monoisotopic (exact) mass is 302 g/mol. The van der Waals surface area contributed by atoms with E-state index in [0.29, 0.717) is 10.7 Å². The van der Waals surface area contributed by atoms with Crippen molar-refractivity contribution in [1.29, 1.82) is 0 Å². The Morgan fingerprint density at radius 2 is 2.00 bits per heavy atom. The van der Waals surface area contributed by atoms with Gasteiger partial charge in [0.25, 0.3) is 0 Å². The number of alkyl halides is 1. The van der Waals surface area contributed by atoms with Gasteiger partial charge in [-0.25, -0.2) is 0 Å². The van der Waals surface area contributed by atoms with Crippen molar-refractivity contribution in [2.24, 2.45) is 5.92 Å². The van der Waals surface area contributed by atoms with Crippen LogP contribution in [0, 0.1) is 5.92 Å². The first-order chi connectivity index (χ1) is 7.70. The van der Waals surface area contributed by atoms with Crippen LogP contribution in [0.1, 0.15) is 66.7 Å². The highest BCUT2D eigenvalue weighted by Crippen LogP contribution is 2.38. The lowest BCUT2D eigenvalue weighted by atomic mass is 9.83. The summed E-state index contributed by atoms with van der Waals surface area (Å²) in [5, 5.41) is 11.1. The highest BCUT2D eigenvalue weighted by molar-refractivity contribution is 9.09. The summed E-state index contributed by atoms with van der Waals surface area (Å²) in [7, 11) is 0. The average molecular weight is 303 g/mol. The van der Waals surface area contributed by atoms with E-state index in [1.54, 1.807) is 11.3 Å². The molecule has 0 spiro atoms. The average Bonchev–Trinajstić information content (AvgIpc) is 2.78. The summed E-state index contributed by atoms with van der Waals surface area (Å²) < 4.78 is 0. The van der Waals surface area contributed by atoms with Crippen LogP contribution in [0.25, 0.3) is 0 Å². The Bertz CT molecular complexity index is 332. The molecule has 1 aromatic rings. The Morgan fingerprint density at radius 3 is 2.62 bits per heavy atom. The third-order valence-electron chi connectivity index (χ3n) is 3.45. The normalized spacial score (nSPS) is 27.9. The standard InChI is InChI=1S/C12H19BrN2S/c1-3-10(13)12-15-14-11(16-12)9-6-4-8(2)5-7-9/h8-10H,3-7H2,1-2H3. The van der Waals surface area contributed by atoms with Gasteiger partial charge < -0.3 is 0 Å². The summed E-state index contributed by atoms with van der Waals surface area (Å²) in [4.78, 5) is 0.390. The summed E-state index contributed by atoms with van der Waals surface area (Å²) in [6.07, 6.45) is 6.39. The largest absolute Gasteiger partial charge is 0.143 e. The molecule has 90 valence electrons. The second kappa shape index (κ2) is 5.58. The molecular formula is C12H19BrN2S. The lowest BCUT2D eigenvalue weighted by Crippen LogP contribution is -2.10. The molecule has 1 heterocycles. The van der Waals surface area contributed by atoms with Crippen molar-refractivity contribution in [2.75, 3.05) is 0 Å². The van der Waals surface area contributed by atoms with E-state index < -0.39 is 0 Å². The Hall–Kier alpha value is 0.0400. The van der Waals surface area contributed by atoms with Gasteiger partial charge in [0.15, 0.2) is 0 Å². The molecule has 0 saturated heterocycles. The van der Waals surface area contributed by atoms with Crippen LogP contribution in [0.2, 0.25) is 0 Å². The molecule has 0 bridgehead atoms. The van der Waals surface area contributed by atoms with Crippen LogP contribution in [-0.4, -0.2) is 10.2 Å². The van der Waals surface area contributed by atoms with Crippen LogP contribution >= 0.6 is 27.3 Å². The van der Waals surface area contributed by atoms with Gasteiger partial charge in [-0.3, -0.25) is 0 Å². The lowest BCUT2D eigenvalue weighted by Gasteiger charge is -2.23. The van der Waals surface area contributed by atoms with E-state index in [2.05, 4.69) is 40.0 Å². The van der Waals surface area contributed by atoms with Crippen LogP contribution in [-0.2, 0) is 0 Å². The number of nitrogens with zero attached hydrogens (tertiary/aromatic N) is 2. The minimum atomic E-state index is 0.390. The Morgan fingerprint density at radius 1 is 1.31 bits per heavy atom. The van der Waals surface area contributed by atoms with Crippen LogP contribution in [0.15, 0.2) is 0 Å². The molecule has 0 amide bonds. The van der Waals surface area contributed by atoms with E-state index in [9.17, 15) is 0 Å². The number of hydrogen-bond donors (Lipinski definition) is 0.